The van der Waals surface area contributed by atoms with Crippen molar-refractivity contribution in [3.63, 3.8) is 0 Å². The highest BCUT2D eigenvalue weighted by Crippen LogP contribution is 2.33. The van der Waals surface area contributed by atoms with E-state index in [2.05, 4.69) is 17.6 Å². The molecule has 2 aromatic rings. The van der Waals surface area contributed by atoms with Crippen LogP contribution in [0.5, 0.6) is 5.75 Å². The van der Waals surface area contributed by atoms with Crippen LogP contribution in [0, 0.1) is 0 Å². The Morgan fingerprint density at radius 1 is 1.15 bits per heavy atom. The summed E-state index contributed by atoms with van der Waals surface area (Å²) in [5.74, 6) is 0.780. The number of nitrogens with one attached hydrogen (secondary N) is 2. The standard InChI is InChI=1S/C22H26N2O3/c1-4-16-8-6-7-9-19(16)24-21(25)23-18-10-11-20-17(14-18)12-13-22(3,27-20)15-26-5-2/h6-14H,4-5,15H2,1-3H3,(H2,23,24,25). The molecular formula is C22H26N2O3. The maximum atomic E-state index is 12.4. The number of rotatable bonds is 6. The van der Waals surface area contributed by atoms with Gasteiger partial charge in [-0.2, -0.15) is 0 Å². The first-order chi connectivity index (χ1) is 13.0. The van der Waals surface area contributed by atoms with Crippen LogP contribution in [0.25, 0.3) is 6.08 Å². The third kappa shape index (κ3) is 4.68. The van der Waals surface area contributed by atoms with Crippen LogP contribution in [-0.2, 0) is 11.2 Å². The number of carbonyl (C=O) groups is 1. The van der Waals surface area contributed by atoms with Crippen molar-refractivity contribution in [1.82, 2.24) is 0 Å². The highest BCUT2D eigenvalue weighted by atomic mass is 16.5. The molecule has 2 aromatic carbocycles. The second-order valence-corrected chi connectivity index (χ2v) is 6.73. The molecule has 5 nitrogen and oxygen atoms in total. The van der Waals surface area contributed by atoms with Gasteiger partial charge in [0.15, 0.2) is 0 Å². The number of carbonyl (C=O) groups excluding carboxylic acids is 1. The Morgan fingerprint density at radius 3 is 2.74 bits per heavy atom. The second kappa shape index (κ2) is 8.27. The number of hydrogen-bond donors (Lipinski definition) is 2. The van der Waals surface area contributed by atoms with Gasteiger partial charge in [-0.25, -0.2) is 4.79 Å². The highest BCUT2D eigenvalue weighted by Gasteiger charge is 2.27. The molecular weight excluding hydrogens is 340 g/mol. The number of benzene rings is 2. The molecule has 5 heteroatoms. The Hall–Kier alpha value is -2.79. The van der Waals surface area contributed by atoms with Gasteiger partial charge in [0, 0.05) is 23.5 Å². The molecule has 0 bridgehead atoms. The summed E-state index contributed by atoms with van der Waals surface area (Å²) >= 11 is 0. The molecule has 0 fully saturated rings. The molecule has 0 radical (unpaired) electrons. The molecule has 1 atom stereocenters. The molecule has 1 unspecified atom stereocenters. The van der Waals surface area contributed by atoms with E-state index in [0.717, 1.165) is 29.0 Å². The van der Waals surface area contributed by atoms with Crippen LogP contribution in [-0.4, -0.2) is 24.8 Å². The van der Waals surface area contributed by atoms with E-state index in [4.69, 9.17) is 9.47 Å². The maximum absolute atomic E-state index is 12.4. The van der Waals surface area contributed by atoms with Crippen LogP contribution < -0.4 is 15.4 Å². The van der Waals surface area contributed by atoms with Crippen molar-refractivity contribution in [1.29, 1.82) is 0 Å². The van der Waals surface area contributed by atoms with Crippen molar-refractivity contribution in [3.8, 4) is 5.75 Å². The third-order valence-corrected chi connectivity index (χ3v) is 4.47. The topological polar surface area (TPSA) is 59.6 Å². The Balaban J connectivity index is 1.67. The van der Waals surface area contributed by atoms with E-state index in [0.29, 0.717) is 18.9 Å². The summed E-state index contributed by atoms with van der Waals surface area (Å²) in [6.07, 6.45) is 4.86. The minimum atomic E-state index is -0.473. The number of urea groups is 1. The molecule has 1 aliphatic rings. The van der Waals surface area contributed by atoms with Gasteiger partial charge in [-0.1, -0.05) is 31.2 Å². The average Bonchev–Trinajstić information content (AvgIpc) is 2.67. The molecule has 0 aromatic heterocycles. The summed E-state index contributed by atoms with van der Waals surface area (Å²) in [5, 5.41) is 5.79. The summed E-state index contributed by atoms with van der Waals surface area (Å²) in [7, 11) is 0. The summed E-state index contributed by atoms with van der Waals surface area (Å²) in [6.45, 7) is 7.17. The first-order valence-electron chi connectivity index (χ1n) is 9.29. The summed E-state index contributed by atoms with van der Waals surface area (Å²) in [5.41, 5.74) is 3.09. The third-order valence-electron chi connectivity index (χ3n) is 4.47. The number of para-hydroxylation sites is 1. The average molecular weight is 366 g/mol. The molecule has 27 heavy (non-hydrogen) atoms. The molecule has 1 heterocycles. The lowest BCUT2D eigenvalue weighted by atomic mass is 10.0. The Kier molecular flexibility index (Phi) is 5.81. The van der Waals surface area contributed by atoms with Crippen LogP contribution in [0.4, 0.5) is 16.2 Å². The Labute approximate surface area is 160 Å². The smallest absolute Gasteiger partial charge is 0.323 e. The van der Waals surface area contributed by atoms with Crippen LogP contribution >= 0.6 is 0 Å². The van der Waals surface area contributed by atoms with E-state index in [1.54, 1.807) is 0 Å². The molecule has 3 rings (SSSR count). The van der Waals surface area contributed by atoms with Gasteiger partial charge < -0.3 is 20.1 Å². The summed E-state index contributed by atoms with van der Waals surface area (Å²) in [4.78, 5) is 12.4. The van der Waals surface area contributed by atoms with Crippen LogP contribution in [0.15, 0.2) is 48.5 Å². The zero-order valence-corrected chi connectivity index (χ0v) is 16.0. The minimum Gasteiger partial charge on any atom is -0.480 e. The van der Waals surface area contributed by atoms with Gasteiger partial charge in [0.1, 0.15) is 11.4 Å². The number of anilines is 2. The van der Waals surface area contributed by atoms with Crippen molar-refractivity contribution in [2.75, 3.05) is 23.8 Å². The zero-order valence-electron chi connectivity index (χ0n) is 16.0. The fourth-order valence-electron chi connectivity index (χ4n) is 3.02. The molecule has 142 valence electrons. The Morgan fingerprint density at radius 2 is 1.96 bits per heavy atom. The first-order valence-corrected chi connectivity index (χ1v) is 9.29. The zero-order chi connectivity index (χ0) is 19.3. The molecule has 2 amide bonds. The number of fused-ring (bicyclic) bond motifs is 1. The SMILES string of the molecule is CCOCC1(C)C=Cc2cc(NC(=O)Nc3ccccc3CC)ccc2O1. The van der Waals surface area contributed by atoms with Gasteiger partial charge in [-0.15, -0.1) is 0 Å². The Bertz CT molecular complexity index is 847. The minimum absolute atomic E-state index is 0.266. The molecule has 0 saturated heterocycles. The number of hydrogen-bond acceptors (Lipinski definition) is 3. The van der Waals surface area contributed by atoms with Crippen LogP contribution in [0.2, 0.25) is 0 Å². The fourth-order valence-corrected chi connectivity index (χ4v) is 3.02. The van der Waals surface area contributed by atoms with E-state index in [1.807, 2.05) is 68.5 Å². The lowest BCUT2D eigenvalue weighted by molar-refractivity contribution is 0.0188. The van der Waals surface area contributed by atoms with E-state index < -0.39 is 5.60 Å². The van der Waals surface area contributed by atoms with Gasteiger partial charge in [-0.3, -0.25) is 0 Å². The quantitative estimate of drug-likeness (QED) is 0.748. The van der Waals surface area contributed by atoms with Crippen molar-refractivity contribution < 1.29 is 14.3 Å². The van der Waals surface area contributed by atoms with E-state index in [9.17, 15) is 4.79 Å². The van der Waals surface area contributed by atoms with Gasteiger partial charge in [-0.05, 0) is 56.2 Å². The predicted molar refractivity (Wildman–Crippen MR) is 109 cm³/mol. The van der Waals surface area contributed by atoms with E-state index >= 15 is 0 Å². The van der Waals surface area contributed by atoms with Crippen molar-refractivity contribution in [2.24, 2.45) is 0 Å². The molecule has 1 aliphatic heterocycles. The lowest BCUT2D eigenvalue weighted by Gasteiger charge is -2.31. The number of amides is 2. The fraction of sp³-hybridized carbons (Fsp3) is 0.318. The second-order valence-electron chi connectivity index (χ2n) is 6.73. The largest absolute Gasteiger partial charge is 0.480 e. The van der Waals surface area contributed by atoms with Gasteiger partial charge in [0.25, 0.3) is 0 Å². The predicted octanol–water partition coefficient (Wildman–Crippen LogP) is 5.09. The van der Waals surface area contributed by atoms with Gasteiger partial charge in [0.2, 0.25) is 0 Å². The molecule has 2 N–H and O–H groups in total. The molecule has 0 spiro atoms. The van der Waals surface area contributed by atoms with Gasteiger partial charge >= 0.3 is 6.03 Å². The van der Waals surface area contributed by atoms with Crippen molar-refractivity contribution >= 4 is 23.5 Å². The lowest BCUT2D eigenvalue weighted by Crippen LogP contribution is -2.37. The summed E-state index contributed by atoms with van der Waals surface area (Å²) < 4.78 is 11.6. The summed E-state index contributed by atoms with van der Waals surface area (Å²) in [6, 6.07) is 13.1. The first kappa shape index (κ1) is 19.0. The monoisotopic (exact) mass is 366 g/mol. The van der Waals surface area contributed by atoms with E-state index in [-0.39, 0.29) is 6.03 Å². The normalized spacial score (nSPS) is 17.7. The molecule has 0 aliphatic carbocycles. The number of aryl methyl sites for hydroxylation is 1. The van der Waals surface area contributed by atoms with Gasteiger partial charge in [0.05, 0.1) is 6.61 Å². The number of ether oxygens (including phenoxy) is 2. The maximum Gasteiger partial charge on any atom is 0.323 e. The van der Waals surface area contributed by atoms with Crippen molar-refractivity contribution in [2.45, 2.75) is 32.8 Å². The van der Waals surface area contributed by atoms with Crippen molar-refractivity contribution in [3.05, 3.63) is 59.7 Å². The molecule has 0 saturated carbocycles. The highest BCUT2D eigenvalue weighted by molar-refractivity contribution is 6.00. The van der Waals surface area contributed by atoms with Crippen LogP contribution in [0.1, 0.15) is 31.9 Å². The van der Waals surface area contributed by atoms with Crippen LogP contribution in [0.3, 0.4) is 0 Å². The van der Waals surface area contributed by atoms with E-state index in [1.165, 1.54) is 0 Å².